The molecule has 4 rings (SSSR count). The Bertz CT molecular complexity index is 907. The third-order valence-corrected chi connectivity index (χ3v) is 4.33. The van der Waals surface area contributed by atoms with E-state index in [9.17, 15) is 4.79 Å². The summed E-state index contributed by atoms with van der Waals surface area (Å²) in [5.74, 6) is -0.0980. The Morgan fingerprint density at radius 2 is 1.95 bits per heavy atom. The molecule has 0 aromatic carbocycles. The molecular weight excluding hydrogens is 284 g/mol. The molecule has 4 heterocycles. The van der Waals surface area contributed by atoms with Crippen LogP contribution < -0.4 is 0 Å². The minimum atomic E-state index is -0.0980. The topological polar surface area (TPSA) is 52.7 Å². The number of carbonyl (C=O) groups is 1. The molecule has 0 aliphatic rings. The summed E-state index contributed by atoms with van der Waals surface area (Å²) in [5, 5.41) is 0.974. The van der Waals surface area contributed by atoms with Gasteiger partial charge < -0.3 is 4.57 Å². The number of thiophene rings is 1. The minimum absolute atomic E-state index is 0.0980. The Labute approximate surface area is 124 Å². The monoisotopic (exact) mass is 294 g/mol. The number of nitrogens with zero attached hydrogens (tertiary/aromatic N) is 4. The van der Waals surface area contributed by atoms with E-state index in [1.165, 1.54) is 22.2 Å². The van der Waals surface area contributed by atoms with Crippen LogP contribution in [0.2, 0.25) is 0 Å². The maximum atomic E-state index is 12.7. The zero-order valence-electron chi connectivity index (χ0n) is 10.9. The van der Waals surface area contributed by atoms with Crippen molar-refractivity contribution in [1.82, 2.24) is 19.1 Å². The van der Waals surface area contributed by atoms with Gasteiger partial charge in [0.2, 0.25) is 0 Å². The fourth-order valence-electron chi connectivity index (χ4n) is 2.30. The van der Waals surface area contributed by atoms with Crippen molar-refractivity contribution >= 4 is 27.5 Å². The first-order valence-corrected chi connectivity index (χ1v) is 7.20. The first-order chi connectivity index (χ1) is 10.3. The molecule has 0 unspecified atom stereocenters. The van der Waals surface area contributed by atoms with Gasteiger partial charge >= 0.3 is 0 Å². The summed E-state index contributed by atoms with van der Waals surface area (Å²) in [6.45, 7) is 0. The van der Waals surface area contributed by atoms with Crippen LogP contribution in [0.3, 0.4) is 0 Å². The van der Waals surface area contributed by atoms with Crippen LogP contribution in [0.15, 0.2) is 61.6 Å². The van der Waals surface area contributed by atoms with Crippen LogP contribution in [0.25, 0.3) is 15.9 Å². The second kappa shape index (κ2) is 4.68. The number of pyridine rings is 1. The van der Waals surface area contributed by atoms with Crippen molar-refractivity contribution in [2.75, 3.05) is 0 Å². The smallest absolute Gasteiger partial charge is 0.275 e. The summed E-state index contributed by atoms with van der Waals surface area (Å²) in [6, 6.07) is 7.74. The molecule has 0 bridgehead atoms. The Hall–Kier alpha value is -2.73. The highest BCUT2D eigenvalue weighted by molar-refractivity contribution is 7.21. The van der Waals surface area contributed by atoms with Gasteiger partial charge in [0, 0.05) is 36.4 Å². The van der Waals surface area contributed by atoms with Crippen molar-refractivity contribution < 1.29 is 4.79 Å². The van der Waals surface area contributed by atoms with E-state index < -0.39 is 0 Å². The second-order valence-corrected chi connectivity index (χ2v) is 5.50. The molecule has 0 fully saturated rings. The van der Waals surface area contributed by atoms with Gasteiger partial charge in [-0.1, -0.05) is 0 Å². The molecule has 0 spiro atoms. The largest absolute Gasteiger partial charge is 0.322 e. The molecule has 6 heteroatoms. The molecular formula is C15H10N4OS. The normalized spacial score (nSPS) is 11.0. The number of carbonyl (C=O) groups excluding carboxylic acids is 1. The molecule has 0 amide bonds. The Morgan fingerprint density at radius 3 is 2.71 bits per heavy atom. The molecule has 0 saturated heterocycles. The van der Waals surface area contributed by atoms with Crippen LogP contribution >= 0.6 is 11.3 Å². The molecule has 0 aliphatic heterocycles. The maximum Gasteiger partial charge on any atom is 0.275 e. The lowest BCUT2D eigenvalue weighted by Gasteiger charge is -2.05. The minimum Gasteiger partial charge on any atom is -0.322 e. The van der Waals surface area contributed by atoms with E-state index in [2.05, 4.69) is 9.97 Å². The average molecular weight is 294 g/mol. The van der Waals surface area contributed by atoms with Crippen molar-refractivity contribution in [2.45, 2.75) is 0 Å². The molecule has 4 aromatic heterocycles. The average Bonchev–Trinajstić information content (AvgIpc) is 3.24. The van der Waals surface area contributed by atoms with Crippen LogP contribution in [-0.4, -0.2) is 25.0 Å². The summed E-state index contributed by atoms with van der Waals surface area (Å²) in [5.41, 5.74) is 0.867. The fraction of sp³-hybridized carbons (Fsp3) is 0. The van der Waals surface area contributed by atoms with Gasteiger partial charge in [-0.15, -0.1) is 11.3 Å². The van der Waals surface area contributed by atoms with E-state index in [1.54, 1.807) is 18.6 Å². The van der Waals surface area contributed by atoms with Gasteiger partial charge in [-0.3, -0.25) is 9.36 Å². The van der Waals surface area contributed by atoms with Crippen molar-refractivity contribution in [3.8, 4) is 5.69 Å². The van der Waals surface area contributed by atoms with E-state index in [0.29, 0.717) is 4.88 Å². The van der Waals surface area contributed by atoms with Gasteiger partial charge in [-0.2, -0.15) is 0 Å². The van der Waals surface area contributed by atoms with Crippen LogP contribution in [0.5, 0.6) is 0 Å². The lowest BCUT2D eigenvalue weighted by atomic mass is 10.2. The van der Waals surface area contributed by atoms with Gasteiger partial charge in [-0.05, 0) is 24.3 Å². The fourth-order valence-corrected chi connectivity index (χ4v) is 3.39. The van der Waals surface area contributed by atoms with Gasteiger partial charge in [-0.25, -0.2) is 9.97 Å². The van der Waals surface area contributed by atoms with E-state index in [0.717, 1.165) is 15.9 Å². The quantitative estimate of drug-likeness (QED) is 0.571. The lowest BCUT2D eigenvalue weighted by molar-refractivity contribution is 0.0964. The van der Waals surface area contributed by atoms with E-state index in [1.807, 2.05) is 41.2 Å². The van der Waals surface area contributed by atoms with E-state index >= 15 is 0 Å². The molecule has 5 nitrogen and oxygen atoms in total. The predicted molar refractivity (Wildman–Crippen MR) is 80.9 cm³/mol. The summed E-state index contributed by atoms with van der Waals surface area (Å²) >= 11 is 1.40. The molecule has 21 heavy (non-hydrogen) atoms. The summed E-state index contributed by atoms with van der Waals surface area (Å²) in [4.78, 5) is 22.5. The number of hydrogen-bond acceptors (Lipinski definition) is 4. The lowest BCUT2D eigenvalue weighted by Crippen LogP contribution is -2.10. The molecule has 0 atom stereocenters. The molecule has 4 aromatic rings. The van der Waals surface area contributed by atoms with Gasteiger partial charge in [0.05, 0.1) is 5.69 Å². The van der Waals surface area contributed by atoms with Crippen LogP contribution in [0.1, 0.15) is 9.67 Å². The molecule has 0 N–H and O–H groups in total. The highest BCUT2D eigenvalue weighted by Crippen LogP contribution is 2.33. The first kappa shape index (κ1) is 12.0. The van der Waals surface area contributed by atoms with Crippen molar-refractivity contribution in [2.24, 2.45) is 0 Å². The molecule has 0 radical (unpaired) electrons. The third-order valence-electron chi connectivity index (χ3n) is 3.24. The van der Waals surface area contributed by atoms with Gasteiger partial charge in [0.1, 0.15) is 16.0 Å². The standard InChI is InChI=1S/C15H10N4OS/c20-15(19-9-6-16-10-19)13-12(18-7-1-2-8-18)11-4-3-5-17-14(11)21-13/h1-10H. The van der Waals surface area contributed by atoms with Crippen molar-refractivity contribution in [3.05, 3.63) is 66.5 Å². The highest BCUT2D eigenvalue weighted by atomic mass is 32.1. The van der Waals surface area contributed by atoms with Crippen molar-refractivity contribution in [1.29, 1.82) is 0 Å². The SMILES string of the molecule is O=C(c1sc2ncccc2c1-n1cccc1)n1ccnc1. The van der Waals surface area contributed by atoms with E-state index in [4.69, 9.17) is 0 Å². The van der Waals surface area contributed by atoms with Crippen LogP contribution in [0, 0.1) is 0 Å². The molecule has 102 valence electrons. The highest BCUT2D eigenvalue weighted by Gasteiger charge is 2.21. The summed E-state index contributed by atoms with van der Waals surface area (Å²) in [6.07, 6.45) is 10.4. The van der Waals surface area contributed by atoms with Crippen LogP contribution in [0.4, 0.5) is 0 Å². The molecule has 0 saturated carbocycles. The Balaban J connectivity index is 2.00. The number of fused-ring (bicyclic) bond motifs is 1. The van der Waals surface area contributed by atoms with Crippen LogP contribution in [-0.2, 0) is 0 Å². The van der Waals surface area contributed by atoms with Gasteiger partial charge in [0.25, 0.3) is 5.91 Å². The zero-order chi connectivity index (χ0) is 14.2. The number of hydrogen-bond donors (Lipinski definition) is 0. The number of rotatable bonds is 2. The maximum absolute atomic E-state index is 12.7. The summed E-state index contributed by atoms with van der Waals surface area (Å²) < 4.78 is 3.43. The zero-order valence-corrected chi connectivity index (χ0v) is 11.7. The Morgan fingerprint density at radius 1 is 1.10 bits per heavy atom. The number of imidazole rings is 1. The van der Waals surface area contributed by atoms with E-state index in [-0.39, 0.29) is 5.91 Å². The summed E-state index contributed by atoms with van der Waals surface area (Å²) in [7, 11) is 0. The van der Waals surface area contributed by atoms with Crippen molar-refractivity contribution in [3.63, 3.8) is 0 Å². The molecule has 0 aliphatic carbocycles. The third kappa shape index (κ3) is 1.88. The number of aromatic nitrogens is 4. The predicted octanol–water partition coefficient (Wildman–Crippen LogP) is 2.97. The van der Waals surface area contributed by atoms with Gasteiger partial charge in [0.15, 0.2) is 0 Å². The first-order valence-electron chi connectivity index (χ1n) is 6.38. The Kier molecular flexibility index (Phi) is 2.68. The second-order valence-electron chi connectivity index (χ2n) is 4.50.